The van der Waals surface area contributed by atoms with E-state index in [2.05, 4.69) is 10.6 Å². The van der Waals surface area contributed by atoms with E-state index in [-0.39, 0.29) is 29.4 Å². The molecule has 0 saturated heterocycles. The third-order valence-corrected chi connectivity index (χ3v) is 2.14. The highest BCUT2D eigenvalue weighted by Crippen LogP contribution is 2.21. The number of carbonyl (C=O) groups is 1. The maximum Gasteiger partial charge on any atom is 0.270 e. The Morgan fingerprint density at radius 2 is 2.28 bits per heavy atom. The summed E-state index contributed by atoms with van der Waals surface area (Å²) in [5.41, 5.74) is 0.149. The summed E-state index contributed by atoms with van der Waals surface area (Å²) < 4.78 is 0. The first-order valence-electron chi connectivity index (χ1n) is 5.27. The second kappa shape index (κ2) is 6.32. The van der Waals surface area contributed by atoms with Crippen LogP contribution < -0.4 is 10.6 Å². The number of nitriles is 1. The molecule has 0 spiro atoms. The van der Waals surface area contributed by atoms with E-state index in [9.17, 15) is 14.9 Å². The molecular formula is C11H12N4O3. The van der Waals surface area contributed by atoms with Crippen molar-refractivity contribution in [2.45, 2.75) is 6.92 Å². The Labute approximate surface area is 104 Å². The molecule has 1 rings (SSSR count). The lowest BCUT2D eigenvalue weighted by atomic mass is 10.1. The van der Waals surface area contributed by atoms with Gasteiger partial charge in [-0.15, -0.1) is 0 Å². The topological polar surface area (TPSA) is 108 Å². The van der Waals surface area contributed by atoms with Gasteiger partial charge in [0.1, 0.15) is 6.07 Å². The van der Waals surface area contributed by atoms with Crippen molar-refractivity contribution >= 4 is 17.3 Å². The highest BCUT2D eigenvalue weighted by atomic mass is 16.6. The van der Waals surface area contributed by atoms with Crippen LogP contribution in [-0.4, -0.2) is 23.9 Å². The normalized spacial score (nSPS) is 9.56. The number of carbonyl (C=O) groups excluding carboxylic acids is 1. The Hall–Kier alpha value is -2.46. The fourth-order valence-corrected chi connectivity index (χ4v) is 1.28. The molecule has 18 heavy (non-hydrogen) atoms. The Bertz CT molecular complexity index is 508. The van der Waals surface area contributed by atoms with Gasteiger partial charge in [0.05, 0.1) is 22.7 Å². The summed E-state index contributed by atoms with van der Waals surface area (Å²) in [6.07, 6.45) is 0. The fourth-order valence-electron chi connectivity index (χ4n) is 1.28. The second-order valence-corrected chi connectivity index (χ2v) is 3.43. The van der Waals surface area contributed by atoms with E-state index in [1.807, 2.05) is 13.0 Å². The van der Waals surface area contributed by atoms with E-state index in [4.69, 9.17) is 5.26 Å². The standard InChI is InChI=1S/C11H12N4O3/c1-2-13-7-11(16)14-10-4-3-9(15(17)18)5-8(10)6-12/h3-5,13H,2,7H2,1H3,(H,14,16). The molecule has 94 valence electrons. The van der Waals surface area contributed by atoms with Gasteiger partial charge in [0.2, 0.25) is 5.91 Å². The number of non-ortho nitro benzene ring substituents is 1. The van der Waals surface area contributed by atoms with Gasteiger partial charge < -0.3 is 10.6 Å². The lowest BCUT2D eigenvalue weighted by molar-refractivity contribution is -0.384. The van der Waals surface area contributed by atoms with Crippen molar-refractivity contribution in [2.24, 2.45) is 0 Å². The predicted molar refractivity (Wildman–Crippen MR) is 65.0 cm³/mol. The highest BCUT2D eigenvalue weighted by molar-refractivity contribution is 5.93. The van der Waals surface area contributed by atoms with Crippen molar-refractivity contribution in [2.75, 3.05) is 18.4 Å². The van der Waals surface area contributed by atoms with Crippen LogP contribution in [0.15, 0.2) is 18.2 Å². The SMILES string of the molecule is CCNCC(=O)Nc1ccc([N+](=O)[O-])cc1C#N. The zero-order chi connectivity index (χ0) is 13.5. The van der Waals surface area contributed by atoms with Gasteiger partial charge in [-0.25, -0.2) is 0 Å². The Morgan fingerprint density at radius 3 is 2.83 bits per heavy atom. The van der Waals surface area contributed by atoms with E-state index < -0.39 is 4.92 Å². The van der Waals surface area contributed by atoms with Crippen LogP contribution in [0.3, 0.4) is 0 Å². The molecule has 0 aliphatic carbocycles. The first kappa shape index (κ1) is 13.6. The quantitative estimate of drug-likeness (QED) is 0.597. The molecule has 0 aromatic heterocycles. The maximum atomic E-state index is 11.4. The summed E-state index contributed by atoms with van der Waals surface area (Å²) in [4.78, 5) is 21.4. The number of amides is 1. The summed E-state index contributed by atoms with van der Waals surface area (Å²) >= 11 is 0. The smallest absolute Gasteiger partial charge is 0.270 e. The van der Waals surface area contributed by atoms with E-state index in [1.165, 1.54) is 12.1 Å². The summed E-state index contributed by atoms with van der Waals surface area (Å²) in [6.45, 7) is 2.64. The molecule has 2 N–H and O–H groups in total. The van der Waals surface area contributed by atoms with E-state index >= 15 is 0 Å². The molecular weight excluding hydrogens is 236 g/mol. The van der Waals surface area contributed by atoms with Gasteiger partial charge in [0.25, 0.3) is 5.69 Å². The van der Waals surface area contributed by atoms with Crippen molar-refractivity contribution in [1.29, 1.82) is 5.26 Å². The summed E-state index contributed by atoms with van der Waals surface area (Å²) in [5, 5.41) is 24.8. The van der Waals surface area contributed by atoms with Crippen LogP contribution in [0.25, 0.3) is 0 Å². The molecule has 0 unspecified atom stereocenters. The van der Waals surface area contributed by atoms with E-state index in [1.54, 1.807) is 0 Å². The number of nitrogens with one attached hydrogen (secondary N) is 2. The van der Waals surface area contributed by atoms with Gasteiger partial charge in [0.15, 0.2) is 0 Å². The van der Waals surface area contributed by atoms with Crippen molar-refractivity contribution in [3.63, 3.8) is 0 Å². The summed E-state index contributed by atoms with van der Waals surface area (Å²) in [5.74, 6) is -0.304. The van der Waals surface area contributed by atoms with Gasteiger partial charge in [-0.05, 0) is 12.6 Å². The van der Waals surface area contributed by atoms with Gasteiger partial charge in [-0.1, -0.05) is 6.92 Å². The number of nitro groups is 1. The minimum absolute atomic E-state index is 0.0639. The van der Waals surface area contributed by atoms with Crippen molar-refractivity contribution < 1.29 is 9.72 Å². The number of hydrogen-bond donors (Lipinski definition) is 2. The van der Waals surface area contributed by atoms with Crippen LogP contribution in [0.2, 0.25) is 0 Å². The minimum Gasteiger partial charge on any atom is -0.324 e. The largest absolute Gasteiger partial charge is 0.324 e. The van der Waals surface area contributed by atoms with Gasteiger partial charge in [-0.3, -0.25) is 14.9 Å². The molecule has 1 aromatic rings. The zero-order valence-corrected chi connectivity index (χ0v) is 9.77. The van der Waals surface area contributed by atoms with Crippen molar-refractivity contribution in [3.05, 3.63) is 33.9 Å². The molecule has 7 heteroatoms. The monoisotopic (exact) mass is 248 g/mol. The minimum atomic E-state index is -0.592. The number of anilines is 1. The molecule has 0 heterocycles. The van der Waals surface area contributed by atoms with Crippen LogP contribution >= 0.6 is 0 Å². The molecule has 7 nitrogen and oxygen atoms in total. The first-order chi connectivity index (χ1) is 8.58. The van der Waals surface area contributed by atoms with E-state index in [0.29, 0.717) is 6.54 Å². The third-order valence-electron chi connectivity index (χ3n) is 2.14. The number of nitro benzene ring substituents is 1. The van der Waals surface area contributed by atoms with Crippen LogP contribution in [0, 0.1) is 21.4 Å². The summed E-state index contributed by atoms with van der Waals surface area (Å²) in [6, 6.07) is 5.53. The molecule has 0 bridgehead atoms. The van der Waals surface area contributed by atoms with Crippen molar-refractivity contribution in [1.82, 2.24) is 5.32 Å². The first-order valence-corrected chi connectivity index (χ1v) is 5.27. The number of benzene rings is 1. The van der Waals surface area contributed by atoms with Gasteiger partial charge >= 0.3 is 0 Å². The Balaban J connectivity index is 2.87. The number of likely N-dealkylation sites (N-methyl/N-ethyl adjacent to an activating group) is 1. The molecule has 1 amide bonds. The second-order valence-electron chi connectivity index (χ2n) is 3.43. The lowest BCUT2D eigenvalue weighted by Crippen LogP contribution is -2.28. The molecule has 0 fully saturated rings. The van der Waals surface area contributed by atoms with E-state index in [0.717, 1.165) is 6.07 Å². The van der Waals surface area contributed by atoms with Gasteiger partial charge in [-0.2, -0.15) is 5.26 Å². The molecule has 0 aliphatic heterocycles. The average molecular weight is 248 g/mol. The number of hydrogen-bond acceptors (Lipinski definition) is 5. The predicted octanol–water partition coefficient (Wildman–Crippen LogP) is 1.01. The van der Waals surface area contributed by atoms with Crippen molar-refractivity contribution in [3.8, 4) is 6.07 Å². The Morgan fingerprint density at radius 1 is 1.56 bits per heavy atom. The maximum absolute atomic E-state index is 11.4. The molecule has 0 atom stereocenters. The molecule has 0 saturated carbocycles. The molecule has 1 aromatic carbocycles. The molecule has 0 radical (unpaired) electrons. The zero-order valence-electron chi connectivity index (χ0n) is 9.77. The number of nitrogens with zero attached hydrogens (tertiary/aromatic N) is 2. The number of rotatable bonds is 5. The van der Waals surface area contributed by atoms with Crippen LogP contribution in [0.5, 0.6) is 0 Å². The molecule has 0 aliphatic rings. The average Bonchev–Trinajstić information content (AvgIpc) is 2.36. The van der Waals surface area contributed by atoms with Crippen LogP contribution in [-0.2, 0) is 4.79 Å². The van der Waals surface area contributed by atoms with Crippen LogP contribution in [0.1, 0.15) is 12.5 Å². The highest BCUT2D eigenvalue weighted by Gasteiger charge is 2.12. The fraction of sp³-hybridized carbons (Fsp3) is 0.273. The van der Waals surface area contributed by atoms with Gasteiger partial charge in [0, 0.05) is 12.1 Å². The van der Waals surface area contributed by atoms with Crippen LogP contribution in [0.4, 0.5) is 11.4 Å². The lowest BCUT2D eigenvalue weighted by Gasteiger charge is -2.06. The summed E-state index contributed by atoms with van der Waals surface area (Å²) in [7, 11) is 0. The Kier molecular flexibility index (Phi) is 4.78. The third kappa shape index (κ3) is 3.54.